The van der Waals surface area contributed by atoms with E-state index in [9.17, 15) is 0 Å². The number of amidine groups is 2. The van der Waals surface area contributed by atoms with Crippen molar-refractivity contribution in [2.45, 2.75) is 13.3 Å². The first-order valence-corrected chi connectivity index (χ1v) is 4.82. The molecule has 0 saturated heterocycles. The highest BCUT2D eigenvalue weighted by molar-refractivity contribution is 6.04. The van der Waals surface area contributed by atoms with E-state index in [1.165, 1.54) is 0 Å². The van der Waals surface area contributed by atoms with E-state index >= 15 is 0 Å². The van der Waals surface area contributed by atoms with E-state index in [1.807, 2.05) is 31.2 Å². The molecule has 0 aliphatic rings. The highest BCUT2D eigenvalue weighted by atomic mass is 14.9. The second-order valence-corrected chi connectivity index (χ2v) is 3.36. The van der Waals surface area contributed by atoms with Gasteiger partial charge in [-0.2, -0.15) is 0 Å². The summed E-state index contributed by atoms with van der Waals surface area (Å²) in [5.74, 6) is 0.587. The van der Waals surface area contributed by atoms with Crippen LogP contribution in [0.15, 0.2) is 29.3 Å². The van der Waals surface area contributed by atoms with Gasteiger partial charge in [0, 0.05) is 12.0 Å². The Morgan fingerprint density at radius 3 is 2.47 bits per heavy atom. The van der Waals surface area contributed by atoms with Gasteiger partial charge in [0.1, 0.15) is 5.84 Å². The largest absolute Gasteiger partial charge is 0.387 e. The molecule has 0 aliphatic carbocycles. The van der Waals surface area contributed by atoms with Crippen LogP contribution in [0.4, 0.5) is 0 Å². The molecule has 0 heterocycles. The Morgan fingerprint density at radius 1 is 1.33 bits per heavy atom. The quantitative estimate of drug-likeness (QED) is 0.507. The first-order chi connectivity index (χ1) is 7.13. The van der Waals surface area contributed by atoms with Crippen molar-refractivity contribution in [2.75, 3.05) is 6.54 Å². The van der Waals surface area contributed by atoms with E-state index in [-0.39, 0.29) is 5.84 Å². The van der Waals surface area contributed by atoms with Gasteiger partial charge in [-0.05, 0) is 13.5 Å². The van der Waals surface area contributed by atoms with Crippen molar-refractivity contribution < 1.29 is 0 Å². The first kappa shape index (κ1) is 11.4. The molecule has 0 unspecified atom stereocenters. The lowest BCUT2D eigenvalue weighted by molar-refractivity contribution is 1.03. The molecule has 1 aromatic rings. The number of nitrogens with zero attached hydrogens (tertiary/aromatic N) is 1. The number of nitrogens with two attached hydrogens (primary N) is 2. The standard InChI is InChI=1S/C11H16N4/c1-8-2-4-9(5-3-8)11(14)15-10(13)6-7-12/h2-5H,6-7,12H2,1H3,(H3,13,14,15). The normalized spacial score (nSPS) is 11.5. The smallest absolute Gasteiger partial charge is 0.153 e. The van der Waals surface area contributed by atoms with Gasteiger partial charge in [0.2, 0.25) is 0 Å². The van der Waals surface area contributed by atoms with Gasteiger partial charge in [-0.25, -0.2) is 4.99 Å². The summed E-state index contributed by atoms with van der Waals surface area (Å²) in [6.07, 6.45) is 0.522. The molecule has 1 rings (SSSR count). The number of hydrogen-bond acceptors (Lipinski definition) is 2. The minimum atomic E-state index is 0.181. The molecule has 4 nitrogen and oxygen atoms in total. The minimum absolute atomic E-state index is 0.181. The monoisotopic (exact) mass is 204 g/mol. The van der Waals surface area contributed by atoms with Crippen LogP contribution in [0.2, 0.25) is 0 Å². The molecule has 0 bridgehead atoms. The fourth-order valence-electron chi connectivity index (χ4n) is 1.12. The van der Waals surface area contributed by atoms with E-state index in [4.69, 9.17) is 16.9 Å². The summed E-state index contributed by atoms with van der Waals surface area (Å²) in [6, 6.07) is 7.60. The number of benzene rings is 1. The van der Waals surface area contributed by atoms with Gasteiger partial charge in [-0.1, -0.05) is 29.8 Å². The van der Waals surface area contributed by atoms with Crippen molar-refractivity contribution in [1.82, 2.24) is 0 Å². The maximum Gasteiger partial charge on any atom is 0.153 e. The van der Waals surface area contributed by atoms with Crippen molar-refractivity contribution in [3.8, 4) is 0 Å². The van der Waals surface area contributed by atoms with Gasteiger partial charge in [-0.15, -0.1) is 0 Å². The third kappa shape index (κ3) is 3.52. The molecule has 0 spiro atoms. The highest BCUT2D eigenvalue weighted by Gasteiger charge is 1.99. The number of nitrogens with one attached hydrogen (secondary N) is 1. The van der Waals surface area contributed by atoms with Gasteiger partial charge in [-0.3, -0.25) is 5.41 Å². The van der Waals surface area contributed by atoms with Gasteiger partial charge >= 0.3 is 0 Å². The fraction of sp³-hybridized carbons (Fsp3) is 0.273. The summed E-state index contributed by atoms with van der Waals surface area (Å²) >= 11 is 0. The van der Waals surface area contributed by atoms with Gasteiger partial charge in [0.25, 0.3) is 0 Å². The Balaban J connectivity index is 2.77. The van der Waals surface area contributed by atoms with Crippen LogP contribution in [0.25, 0.3) is 0 Å². The lowest BCUT2D eigenvalue weighted by Crippen LogP contribution is -2.18. The molecule has 0 saturated carbocycles. The summed E-state index contributed by atoms with van der Waals surface area (Å²) in [7, 11) is 0. The van der Waals surface area contributed by atoms with Crippen LogP contribution in [0.5, 0.6) is 0 Å². The lowest BCUT2D eigenvalue weighted by atomic mass is 10.1. The first-order valence-electron chi connectivity index (χ1n) is 4.82. The molecule has 1 aromatic carbocycles. The van der Waals surface area contributed by atoms with Crippen LogP contribution >= 0.6 is 0 Å². The summed E-state index contributed by atoms with van der Waals surface area (Å²) in [4.78, 5) is 3.96. The minimum Gasteiger partial charge on any atom is -0.387 e. The topological polar surface area (TPSA) is 88.2 Å². The number of rotatable bonds is 3. The number of aryl methyl sites for hydroxylation is 1. The van der Waals surface area contributed by atoms with Crippen molar-refractivity contribution in [3.05, 3.63) is 35.4 Å². The maximum atomic E-state index is 7.70. The van der Waals surface area contributed by atoms with Crippen LogP contribution in [0, 0.1) is 12.3 Å². The Labute approximate surface area is 89.5 Å². The Kier molecular flexibility index (Phi) is 4.00. The van der Waals surface area contributed by atoms with E-state index in [1.54, 1.807) is 0 Å². The number of hydrogen-bond donors (Lipinski definition) is 3. The molecule has 0 fully saturated rings. The zero-order valence-corrected chi connectivity index (χ0v) is 8.83. The molecule has 0 radical (unpaired) electrons. The third-order valence-electron chi connectivity index (χ3n) is 1.98. The zero-order valence-electron chi connectivity index (χ0n) is 8.83. The van der Waals surface area contributed by atoms with Crippen molar-refractivity contribution in [2.24, 2.45) is 16.5 Å². The van der Waals surface area contributed by atoms with Gasteiger partial charge < -0.3 is 11.5 Å². The molecular formula is C11H16N4. The molecule has 0 atom stereocenters. The van der Waals surface area contributed by atoms with Crippen LogP contribution in [-0.4, -0.2) is 18.2 Å². The highest BCUT2D eigenvalue weighted by Crippen LogP contribution is 2.04. The number of aliphatic imine (C=N–C) groups is 1. The molecule has 80 valence electrons. The van der Waals surface area contributed by atoms with E-state index in [2.05, 4.69) is 4.99 Å². The average molecular weight is 204 g/mol. The van der Waals surface area contributed by atoms with E-state index in [0.717, 1.165) is 11.1 Å². The molecule has 0 aromatic heterocycles. The summed E-state index contributed by atoms with van der Waals surface area (Å²) in [5, 5.41) is 7.70. The summed E-state index contributed by atoms with van der Waals surface area (Å²) in [5.41, 5.74) is 12.8. The second kappa shape index (κ2) is 5.26. The predicted molar refractivity (Wildman–Crippen MR) is 63.3 cm³/mol. The van der Waals surface area contributed by atoms with Gasteiger partial charge in [0.15, 0.2) is 5.84 Å². The lowest BCUT2D eigenvalue weighted by Gasteiger charge is -2.01. The van der Waals surface area contributed by atoms with Crippen LogP contribution < -0.4 is 11.5 Å². The molecule has 4 heteroatoms. The molecule has 0 amide bonds. The molecular weight excluding hydrogens is 188 g/mol. The van der Waals surface area contributed by atoms with Crippen molar-refractivity contribution in [1.29, 1.82) is 5.41 Å². The van der Waals surface area contributed by atoms with Crippen molar-refractivity contribution >= 4 is 11.7 Å². The van der Waals surface area contributed by atoms with E-state index < -0.39 is 0 Å². The molecule has 15 heavy (non-hydrogen) atoms. The van der Waals surface area contributed by atoms with Crippen molar-refractivity contribution in [3.63, 3.8) is 0 Å². The Bertz CT molecular complexity index is 365. The molecule has 0 aliphatic heterocycles. The second-order valence-electron chi connectivity index (χ2n) is 3.36. The maximum absolute atomic E-state index is 7.70. The van der Waals surface area contributed by atoms with Crippen LogP contribution in [0.3, 0.4) is 0 Å². The van der Waals surface area contributed by atoms with Crippen LogP contribution in [-0.2, 0) is 0 Å². The fourth-order valence-corrected chi connectivity index (χ4v) is 1.12. The zero-order chi connectivity index (χ0) is 11.3. The van der Waals surface area contributed by atoms with Gasteiger partial charge in [0.05, 0.1) is 0 Å². The average Bonchev–Trinajstić information content (AvgIpc) is 2.18. The third-order valence-corrected chi connectivity index (χ3v) is 1.98. The predicted octanol–water partition coefficient (Wildman–Crippen LogP) is 1.03. The Morgan fingerprint density at radius 2 is 1.93 bits per heavy atom. The Hall–Kier alpha value is -1.68. The van der Waals surface area contributed by atoms with Crippen LogP contribution in [0.1, 0.15) is 17.5 Å². The summed E-state index contributed by atoms with van der Waals surface area (Å²) < 4.78 is 0. The van der Waals surface area contributed by atoms with E-state index in [0.29, 0.717) is 18.8 Å². The summed E-state index contributed by atoms with van der Waals surface area (Å²) in [6.45, 7) is 2.45. The molecule has 5 N–H and O–H groups in total. The SMILES string of the molecule is Cc1ccc(C(=N)N=C(N)CCN)cc1.